The van der Waals surface area contributed by atoms with Gasteiger partial charge in [-0.1, -0.05) is 31.4 Å². The van der Waals surface area contributed by atoms with E-state index in [1.165, 1.54) is 4.90 Å². The highest BCUT2D eigenvalue weighted by Crippen LogP contribution is 2.38. The maximum Gasteiger partial charge on any atom is 0.407 e. The number of ether oxygens (including phenoxy) is 2. The smallest absolute Gasteiger partial charge is 0.407 e. The van der Waals surface area contributed by atoms with Gasteiger partial charge in [0.25, 0.3) is 5.91 Å². The van der Waals surface area contributed by atoms with Crippen LogP contribution in [0.15, 0.2) is 54.8 Å². The maximum atomic E-state index is 12.9. The first-order valence-electron chi connectivity index (χ1n) is 11.6. The molecule has 2 heterocycles. The summed E-state index contributed by atoms with van der Waals surface area (Å²) in [4.78, 5) is 50.3. The second kappa shape index (κ2) is 10.2. The van der Waals surface area contributed by atoms with Gasteiger partial charge in [-0.3, -0.25) is 19.7 Å². The molecule has 0 spiro atoms. The second-order valence-corrected chi connectivity index (χ2v) is 8.87. The summed E-state index contributed by atoms with van der Waals surface area (Å²) >= 11 is 0. The Hall–Kier alpha value is -3.88. The molecule has 1 saturated heterocycles. The van der Waals surface area contributed by atoms with Crippen LogP contribution < -0.4 is 10.6 Å². The predicted octanol–water partition coefficient (Wildman–Crippen LogP) is 2.72. The standard InChI is InChI=1S/C26H29N3O6/c1-4-19(22(5-2)34-3)17-11-18(12-17)35-26(33)27-13-15-6-7-16-14-29(25(32)20(16)10-15)21-8-9-23(30)28-24(21)31/h4-7,10,17-18,21H,1-2,8-9,11-14H2,3H3,(H,27,33)(H,28,30,31)/b22-19-. The van der Waals surface area contributed by atoms with E-state index in [1.54, 1.807) is 25.3 Å². The van der Waals surface area contributed by atoms with E-state index in [0.717, 1.165) is 16.7 Å². The highest BCUT2D eigenvalue weighted by molar-refractivity contribution is 6.05. The molecule has 1 atom stereocenters. The normalized spacial score (nSPS) is 24.0. The fourth-order valence-electron chi connectivity index (χ4n) is 4.78. The molecule has 0 radical (unpaired) electrons. The minimum atomic E-state index is -0.654. The molecule has 2 fully saturated rings. The lowest BCUT2D eigenvalue weighted by Gasteiger charge is -2.35. The summed E-state index contributed by atoms with van der Waals surface area (Å²) in [6, 6.07) is 4.74. The van der Waals surface area contributed by atoms with Gasteiger partial charge in [0.2, 0.25) is 11.8 Å². The third-order valence-electron chi connectivity index (χ3n) is 6.75. The lowest BCUT2D eigenvalue weighted by atomic mass is 9.76. The van der Waals surface area contributed by atoms with Crippen LogP contribution in [-0.2, 0) is 32.2 Å². The molecule has 2 aliphatic heterocycles. The molecule has 2 N–H and O–H groups in total. The number of methoxy groups -OCH3 is 1. The minimum Gasteiger partial charge on any atom is -0.496 e. The topological polar surface area (TPSA) is 114 Å². The Bertz CT molecular complexity index is 1120. The van der Waals surface area contributed by atoms with Gasteiger partial charge in [0.05, 0.1) is 7.11 Å². The molecule has 35 heavy (non-hydrogen) atoms. The summed E-state index contributed by atoms with van der Waals surface area (Å²) in [6.07, 6.45) is 4.56. The first-order chi connectivity index (χ1) is 16.8. The second-order valence-electron chi connectivity index (χ2n) is 8.87. The summed E-state index contributed by atoms with van der Waals surface area (Å²) in [7, 11) is 1.58. The fraction of sp³-hybridized carbons (Fsp3) is 0.385. The number of allylic oxidation sites excluding steroid dienone is 3. The zero-order valence-corrected chi connectivity index (χ0v) is 19.7. The van der Waals surface area contributed by atoms with Crippen LogP contribution in [0.2, 0.25) is 0 Å². The number of carbonyl (C=O) groups is 4. The highest BCUT2D eigenvalue weighted by atomic mass is 16.6. The number of imide groups is 1. The van der Waals surface area contributed by atoms with Crippen molar-refractivity contribution in [2.75, 3.05) is 7.11 Å². The van der Waals surface area contributed by atoms with E-state index in [0.29, 0.717) is 37.1 Å². The van der Waals surface area contributed by atoms with Crippen molar-refractivity contribution in [2.24, 2.45) is 5.92 Å². The Morgan fingerprint density at radius 1 is 1.23 bits per heavy atom. The largest absolute Gasteiger partial charge is 0.496 e. The Balaban J connectivity index is 1.28. The van der Waals surface area contributed by atoms with Gasteiger partial charge in [-0.15, -0.1) is 0 Å². The first-order valence-corrected chi connectivity index (χ1v) is 11.6. The van der Waals surface area contributed by atoms with Gasteiger partial charge in [-0.25, -0.2) is 4.79 Å². The predicted molar refractivity (Wildman–Crippen MR) is 127 cm³/mol. The van der Waals surface area contributed by atoms with Gasteiger partial charge in [0.15, 0.2) is 0 Å². The van der Waals surface area contributed by atoms with Gasteiger partial charge in [-0.05, 0) is 54.0 Å². The fourth-order valence-corrected chi connectivity index (χ4v) is 4.78. The number of nitrogens with one attached hydrogen (secondary N) is 2. The van der Waals surface area contributed by atoms with Gasteiger partial charge < -0.3 is 19.7 Å². The van der Waals surface area contributed by atoms with E-state index in [9.17, 15) is 19.2 Å². The molecule has 0 aromatic heterocycles. The number of benzene rings is 1. The lowest BCUT2D eigenvalue weighted by molar-refractivity contribution is -0.136. The number of alkyl carbamates (subject to hydrolysis) is 1. The Morgan fingerprint density at radius 3 is 2.66 bits per heavy atom. The van der Waals surface area contributed by atoms with E-state index < -0.39 is 18.0 Å². The van der Waals surface area contributed by atoms with Crippen molar-refractivity contribution in [1.29, 1.82) is 0 Å². The molecule has 1 aromatic rings. The highest BCUT2D eigenvalue weighted by Gasteiger charge is 2.39. The van der Waals surface area contributed by atoms with E-state index in [1.807, 2.05) is 12.1 Å². The van der Waals surface area contributed by atoms with Gasteiger partial charge in [0, 0.05) is 25.1 Å². The number of rotatable bonds is 8. The average Bonchev–Trinajstić information content (AvgIpc) is 3.14. The molecule has 1 aliphatic carbocycles. The summed E-state index contributed by atoms with van der Waals surface area (Å²) in [6.45, 7) is 8.09. The van der Waals surface area contributed by atoms with Crippen LogP contribution in [0.1, 0.15) is 47.2 Å². The molecule has 4 rings (SSSR count). The van der Waals surface area contributed by atoms with E-state index in [2.05, 4.69) is 23.8 Å². The molecule has 3 aliphatic rings. The van der Waals surface area contributed by atoms with Gasteiger partial charge in [0.1, 0.15) is 17.9 Å². The number of carbonyl (C=O) groups excluding carboxylic acids is 4. The molecule has 1 unspecified atom stereocenters. The van der Waals surface area contributed by atoms with Crippen LogP contribution in [0, 0.1) is 5.92 Å². The monoisotopic (exact) mass is 479 g/mol. The van der Waals surface area contributed by atoms with Crippen molar-refractivity contribution in [2.45, 2.75) is 50.9 Å². The molecule has 1 aromatic carbocycles. The molecule has 9 nitrogen and oxygen atoms in total. The molecule has 9 heteroatoms. The molecular formula is C26H29N3O6. The van der Waals surface area contributed by atoms with Crippen LogP contribution >= 0.6 is 0 Å². The van der Waals surface area contributed by atoms with E-state index in [-0.39, 0.29) is 36.8 Å². The minimum absolute atomic E-state index is 0.193. The maximum absolute atomic E-state index is 12.9. The van der Waals surface area contributed by atoms with Crippen LogP contribution in [0.25, 0.3) is 0 Å². The third-order valence-corrected chi connectivity index (χ3v) is 6.75. The average molecular weight is 480 g/mol. The molecular weight excluding hydrogens is 450 g/mol. The van der Waals surface area contributed by atoms with Crippen LogP contribution in [0.3, 0.4) is 0 Å². The summed E-state index contributed by atoms with van der Waals surface area (Å²) in [5, 5.41) is 5.03. The number of amides is 4. The quantitative estimate of drug-likeness (QED) is 0.337. The van der Waals surface area contributed by atoms with Crippen molar-refractivity contribution in [3.05, 3.63) is 71.5 Å². The third kappa shape index (κ3) is 4.99. The first kappa shape index (κ1) is 24.3. The van der Waals surface area contributed by atoms with Crippen molar-refractivity contribution < 1.29 is 28.7 Å². The molecule has 184 valence electrons. The lowest BCUT2D eigenvalue weighted by Crippen LogP contribution is -2.52. The van der Waals surface area contributed by atoms with Crippen molar-refractivity contribution in [1.82, 2.24) is 15.5 Å². The number of hydrogen-bond acceptors (Lipinski definition) is 6. The van der Waals surface area contributed by atoms with Crippen molar-refractivity contribution >= 4 is 23.8 Å². The zero-order valence-electron chi connectivity index (χ0n) is 19.7. The van der Waals surface area contributed by atoms with Gasteiger partial charge >= 0.3 is 6.09 Å². The SMILES string of the molecule is C=C/C(OC)=C(\C=C)C1CC(OC(=O)NCc2ccc3c(c2)C(=O)N(C2CCC(=O)NC2=O)C3)C1. The van der Waals surface area contributed by atoms with Crippen molar-refractivity contribution in [3.63, 3.8) is 0 Å². The van der Waals surface area contributed by atoms with Crippen LogP contribution in [0.5, 0.6) is 0 Å². The summed E-state index contributed by atoms with van der Waals surface area (Å²) in [5.74, 6) is -0.130. The number of piperidine rings is 1. The van der Waals surface area contributed by atoms with Crippen LogP contribution in [0.4, 0.5) is 4.79 Å². The zero-order chi connectivity index (χ0) is 25.1. The number of fused-ring (bicyclic) bond motifs is 1. The Kier molecular flexibility index (Phi) is 7.04. The molecule has 0 bridgehead atoms. The van der Waals surface area contributed by atoms with E-state index >= 15 is 0 Å². The number of nitrogens with zero attached hydrogens (tertiary/aromatic N) is 1. The summed E-state index contributed by atoms with van der Waals surface area (Å²) < 4.78 is 10.8. The van der Waals surface area contributed by atoms with Crippen LogP contribution in [-0.4, -0.2) is 48.0 Å². The molecule has 4 amide bonds. The van der Waals surface area contributed by atoms with Gasteiger partial charge in [-0.2, -0.15) is 0 Å². The Labute approximate surface area is 203 Å². The van der Waals surface area contributed by atoms with Crippen molar-refractivity contribution in [3.8, 4) is 0 Å². The summed E-state index contributed by atoms with van der Waals surface area (Å²) in [5.41, 5.74) is 3.02. The van der Waals surface area contributed by atoms with E-state index in [4.69, 9.17) is 9.47 Å². The number of hydrogen-bond donors (Lipinski definition) is 2. The Morgan fingerprint density at radius 2 is 2.00 bits per heavy atom. The molecule has 1 saturated carbocycles.